The molecule has 152 valence electrons. The number of hydrogen-bond acceptors (Lipinski definition) is 4. The van der Waals surface area contributed by atoms with Crippen LogP contribution in [-0.2, 0) is 15.5 Å². The van der Waals surface area contributed by atoms with E-state index in [1.165, 1.54) is 0 Å². The van der Waals surface area contributed by atoms with Gasteiger partial charge in [-0.15, -0.1) is 0 Å². The molecule has 1 saturated heterocycles. The average molecular weight is 389 g/mol. The summed E-state index contributed by atoms with van der Waals surface area (Å²) in [6.07, 6.45) is 1.61. The number of nitrogens with zero attached hydrogens (tertiary/aromatic N) is 2. The van der Waals surface area contributed by atoms with Crippen LogP contribution in [0, 0.1) is 0 Å². The van der Waals surface area contributed by atoms with Crippen LogP contribution in [0.2, 0.25) is 0 Å². The standard InChI is InChI=1S/C18H36N4O3S/c1-17(2,3)25-16(23)22-11-8-9-14(13-22)21-15(19-7)20-10-12-26(24)18(4,5)6/h14H,8-13H2,1-7H3,(H2,19,20,21). The molecule has 8 heteroatoms. The van der Waals surface area contributed by atoms with Crippen molar-refractivity contribution in [3.63, 3.8) is 0 Å². The van der Waals surface area contributed by atoms with Crippen LogP contribution in [0.5, 0.6) is 0 Å². The Kier molecular flexibility index (Phi) is 8.37. The Morgan fingerprint density at radius 3 is 2.46 bits per heavy atom. The summed E-state index contributed by atoms with van der Waals surface area (Å²) in [5.41, 5.74) is -0.488. The van der Waals surface area contributed by atoms with E-state index < -0.39 is 16.4 Å². The van der Waals surface area contributed by atoms with Gasteiger partial charge in [0.2, 0.25) is 0 Å². The van der Waals surface area contributed by atoms with E-state index in [4.69, 9.17) is 4.74 Å². The number of aliphatic imine (C=N–C) groups is 1. The smallest absolute Gasteiger partial charge is 0.410 e. The first-order valence-corrected chi connectivity index (χ1v) is 10.6. The first kappa shape index (κ1) is 22.7. The highest BCUT2D eigenvalue weighted by atomic mass is 32.2. The SMILES string of the molecule is CN=C(NCCS(=O)C(C)(C)C)NC1CCCN(C(=O)OC(C)(C)C)C1. The Bertz CT molecular complexity index is 524. The topological polar surface area (TPSA) is 83.0 Å². The number of hydrogen-bond donors (Lipinski definition) is 2. The van der Waals surface area contributed by atoms with Crippen molar-refractivity contribution < 1.29 is 13.7 Å². The zero-order valence-electron chi connectivity index (χ0n) is 17.3. The molecule has 0 aromatic heterocycles. The molecule has 1 heterocycles. The number of amides is 1. The van der Waals surface area contributed by atoms with Crippen LogP contribution in [-0.4, -0.2) is 70.0 Å². The van der Waals surface area contributed by atoms with E-state index in [2.05, 4.69) is 15.6 Å². The second kappa shape index (κ2) is 9.58. The molecule has 1 aliphatic heterocycles. The minimum atomic E-state index is -0.899. The summed E-state index contributed by atoms with van der Waals surface area (Å²) in [6.45, 7) is 13.4. The van der Waals surface area contributed by atoms with Crippen LogP contribution in [0.15, 0.2) is 4.99 Å². The molecule has 26 heavy (non-hydrogen) atoms. The van der Waals surface area contributed by atoms with Gasteiger partial charge in [0.1, 0.15) is 5.60 Å². The maximum absolute atomic E-state index is 12.3. The molecule has 2 atom stereocenters. The number of guanidine groups is 1. The number of piperidine rings is 1. The van der Waals surface area contributed by atoms with Gasteiger partial charge >= 0.3 is 6.09 Å². The lowest BCUT2D eigenvalue weighted by atomic mass is 10.1. The fraction of sp³-hybridized carbons (Fsp3) is 0.889. The van der Waals surface area contributed by atoms with E-state index in [0.29, 0.717) is 31.3 Å². The summed E-state index contributed by atoms with van der Waals surface area (Å²) in [4.78, 5) is 18.2. The van der Waals surface area contributed by atoms with E-state index in [1.807, 2.05) is 41.5 Å². The van der Waals surface area contributed by atoms with Crippen LogP contribution < -0.4 is 10.6 Å². The number of carbonyl (C=O) groups is 1. The quantitative estimate of drug-likeness (QED) is 0.569. The fourth-order valence-electron chi connectivity index (χ4n) is 2.54. The van der Waals surface area contributed by atoms with Gasteiger partial charge in [0, 0.05) is 54.0 Å². The summed E-state index contributed by atoms with van der Waals surface area (Å²) < 4.78 is 17.4. The van der Waals surface area contributed by atoms with E-state index in [0.717, 1.165) is 12.8 Å². The number of ether oxygens (including phenoxy) is 1. The summed E-state index contributed by atoms with van der Waals surface area (Å²) in [6, 6.07) is 0.121. The van der Waals surface area contributed by atoms with Crippen molar-refractivity contribution in [1.29, 1.82) is 0 Å². The summed E-state index contributed by atoms with van der Waals surface area (Å²) >= 11 is 0. The molecule has 2 N–H and O–H groups in total. The average Bonchev–Trinajstić information content (AvgIpc) is 2.51. The molecule has 0 radical (unpaired) electrons. The van der Waals surface area contributed by atoms with Crippen molar-refractivity contribution in [2.45, 2.75) is 70.8 Å². The van der Waals surface area contributed by atoms with Crippen molar-refractivity contribution in [3.8, 4) is 0 Å². The Labute approximate surface area is 160 Å². The Morgan fingerprint density at radius 1 is 1.27 bits per heavy atom. The second-order valence-corrected chi connectivity index (χ2v) is 10.9. The van der Waals surface area contributed by atoms with Gasteiger partial charge < -0.3 is 20.3 Å². The predicted octanol–water partition coefficient (Wildman–Crippen LogP) is 2.10. The predicted molar refractivity (Wildman–Crippen MR) is 108 cm³/mol. The third-order valence-corrected chi connectivity index (χ3v) is 5.84. The molecular formula is C18H36N4O3S. The van der Waals surface area contributed by atoms with Gasteiger partial charge in [-0.25, -0.2) is 4.79 Å². The normalized spacial score (nSPS) is 20.5. The van der Waals surface area contributed by atoms with E-state index in [-0.39, 0.29) is 16.9 Å². The van der Waals surface area contributed by atoms with Gasteiger partial charge in [-0.2, -0.15) is 0 Å². The minimum absolute atomic E-state index is 0.121. The van der Waals surface area contributed by atoms with Crippen LogP contribution in [0.4, 0.5) is 4.79 Å². The summed E-state index contributed by atoms with van der Waals surface area (Å²) in [7, 11) is 0.814. The molecule has 0 aliphatic carbocycles. The highest BCUT2D eigenvalue weighted by Gasteiger charge is 2.28. The number of carbonyl (C=O) groups excluding carboxylic acids is 1. The highest BCUT2D eigenvalue weighted by molar-refractivity contribution is 7.86. The van der Waals surface area contributed by atoms with Gasteiger partial charge in [0.05, 0.1) is 0 Å². The number of likely N-dealkylation sites (tertiary alicyclic amines) is 1. The molecule has 1 fully saturated rings. The van der Waals surface area contributed by atoms with Crippen LogP contribution in [0.3, 0.4) is 0 Å². The minimum Gasteiger partial charge on any atom is -0.444 e. The van der Waals surface area contributed by atoms with Gasteiger partial charge in [0.15, 0.2) is 5.96 Å². The molecular weight excluding hydrogens is 352 g/mol. The van der Waals surface area contributed by atoms with Gasteiger partial charge in [-0.1, -0.05) is 0 Å². The lowest BCUT2D eigenvalue weighted by Crippen LogP contribution is -2.53. The van der Waals surface area contributed by atoms with E-state index in [1.54, 1.807) is 11.9 Å². The van der Waals surface area contributed by atoms with Crippen LogP contribution in [0.1, 0.15) is 54.4 Å². The van der Waals surface area contributed by atoms with Crippen LogP contribution >= 0.6 is 0 Å². The molecule has 0 bridgehead atoms. The Balaban J connectivity index is 2.47. The van der Waals surface area contributed by atoms with Gasteiger partial charge in [-0.05, 0) is 54.4 Å². The van der Waals surface area contributed by atoms with Gasteiger partial charge in [0.25, 0.3) is 0 Å². The molecule has 7 nitrogen and oxygen atoms in total. The second-order valence-electron chi connectivity index (χ2n) is 8.57. The molecule has 0 spiro atoms. The fourth-order valence-corrected chi connectivity index (χ4v) is 3.44. The lowest BCUT2D eigenvalue weighted by molar-refractivity contribution is 0.0193. The zero-order valence-corrected chi connectivity index (χ0v) is 18.2. The molecule has 0 aromatic rings. The largest absolute Gasteiger partial charge is 0.444 e. The number of rotatable bonds is 4. The molecule has 0 saturated carbocycles. The summed E-state index contributed by atoms with van der Waals surface area (Å²) in [5, 5.41) is 6.57. The van der Waals surface area contributed by atoms with Crippen molar-refractivity contribution in [2.75, 3.05) is 32.4 Å². The maximum atomic E-state index is 12.3. The molecule has 0 aromatic carbocycles. The van der Waals surface area contributed by atoms with Crippen molar-refractivity contribution in [2.24, 2.45) is 4.99 Å². The van der Waals surface area contributed by atoms with Crippen LogP contribution in [0.25, 0.3) is 0 Å². The van der Waals surface area contributed by atoms with Gasteiger partial charge in [-0.3, -0.25) is 9.20 Å². The molecule has 1 rings (SSSR count). The third kappa shape index (κ3) is 8.38. The Morgan fingerprint density at radius 2 is 1.92 bits per heavy atom. The third-order valence-electron chi connectivity index (χ3n) is 3.90. The van der Waals surface area contributed by atoms with Crippen molar-refractivity contribution in [3.05, 3.63) is 0 Å². The summed E-state index contributed by atoms with van der Waals surface area (Å²) in [5.74, 6) is 1.24. The lowest BCUT2D eigenvalue weighted by Gasteiger charge is -2.35. The molecule has 1 amide bonds. The monoisotopic (exact) mass is 388 g/mol. The van der Waals surface area contributed by atoms with Crippen molar-refractivity contribution >= 4 is 22.9 Å². The Hall–Kier alpha value is -1.31. The molecule has 1 aliphatic rings. The highest BCUT2D eigenvalue weighted by Crippen LogP contribution is 2.15. The maximum Gasteiger partial charge on any atom is 0.410 e. The molecule has 2 unspecified atom stereocenters. The number of nitrogens with one attached hydrogen (secondary N) is 2. The van der Waals surface area contributed by atoms with E-state index >= 15 is 0 Å². The van der Waals surface area contributed by atoms with E-state index in [9.17, 15) is 9.00 Å². The first-order valence-electron chi connectivity index (χ1n) is 9.26. The first-order chi connectivity index (χ1) is 11.9. The zero-order chi connectivity index (χ0) is 20.0. The van der Waals surface area contributed by atoms with Crippen molar-refractivity contribution in [1.82, 2.24) is 15.5 Å².